The second-order valence-electron chi connectivity index (χ2n) is 16.3. The summed E-state index contributed by atoms with van der Waals surface area (Å²) in [6.07, 6.45) is 5.50. The summed E-state index contributed by atoms with van der Waals surface area (Å²) in [6, 6.07) is 5.50. The lowest BCUT2D eigenvalue weighted by atomic mass is 9.61. The van der Waals surface area contributed by atoms with E-state index in [0.29, 0.717) is 34.4 Å². The molecule has 4 rings (SSSR count). The molecule has 0 radical (unpaired) electrons. The van der Waals surface area contributed by atoms with Crippen molar-refractivity contribution in [2.45, 2.75) is 122 Å². The van der Waals surface area contributed by atoms with Crippen LogP contribution in [0.5, 0.6) is 0 Å². The number of benzene rings is 1. The Kier molecular flexibility index (Phi) is 7.06. The van der Waals surface area contributed by atoms with E-state index in [2.05, 4.69) is 83.1 Å². The third kappa shape index (κ3) is 3.98. The van der Waals surface area contributed by atoms with E-state index in [1.165, 1.54) is 0 Å². The average molecular weight is 535 g/mol. The Morgan fingerprint density at radius 3 is 0.846 bits per heavy atom. The molecule has 0 unspecified atom stereocenters. The highest BCUT2D eigenvalue weighted by molar-refractivity contribution is 6.10. The van der Waals surface area contributed by atoms with Crippen LogP contribution in [0.2, 0.25) is 0 Å². The van der Waals surface area contributed by atoms with Crippen LogP contribution in [-0.4, -0.2) is 17.3 Å². The van der Waals surface area contributed by atoms with Gasteiger partial charge in [0, 0.05) is 32.9 Å². The largest absolute Gasteiger partial charge is 0.294 e. The molecule has 3 aliphatic rings. The first-order valence-corrected chi connectivity index (χ1v) is 15.5. The van der Waals surface area contributed by atoms with Crippen molar-refractivity contribution in [3.8, 4) is 0 Å². The van der Waals surface area contributed by atoms with Crippen molar-refractivity contribution < 1.29 is 14.4 Å². The molecule has 3 saturated carbocycles. The Labute approximate surface area is 238 Å². The van der Waals surface area contributed by atoms with Crippen molar-refractivity contribution >= 4 is 17.3 Å². The highest BCUT2D eigenvalue weighted by atomic mass is 16.1. The van der Waals surface area contributed by atoms with Crippen LogP contribution in [0.4, 0.5) is 0 Å². The first-order chi connectivity index (χ1) is 17.7. The van der Waals surface area contributed by atoms with Gasteiger partial charge in [0.05, 0.1) is 0 Å². The molecule has 39 heavy (non-hydrogen) atoms. The van der Waals surface area contributed by atoms with Gasteiger partial charge in [-0.2, -0.15) is 0 Å². The Hall–Kier alpha value is -1.77. The van der Waals surface area contributed by atoms with Gasteiger partial charge in [-0.05, 0) is 90.7 Å². The summed E-state index contributed by atoms with van der Waals surface area (Å²) in [5.74, 6) is 1.52. The third-order valence-electron chi connectivity index (χ3n) is 14.4. The SMILES string of the molecule is C[C@H]1CC[C@@](C)(C(=O)c2cc(C(=O)[C@]3(C)CC[C@H](C)C3(C)C)cc(C(=O)[C@]3(C)CC[C@H](C)C3(C)C)c2)C1(C)C. The Morgan fingerprint density at radius 1 is 0.487 bits per heavy atom. The molecule has 0 aliphatic heterocycles. The van der Waals surface area contributed by atoms with Crippen molar-refractivity contribution in [3.63, 3.8) is 0 Å². The van der Waals surface area contributed by atoms with E-state index in [4.69, 9.17) is 0 Å². The fraction of sp³-hybridized carbons (Fsp3) is 0.750. The van der Waals surface area contributed by atoms with E-state index < -0.39 is 16.2 Å². The molecule has 0 aromatic heterocycles. The summed E-state index contributed by atoms with van der Waals surface area (Å²) in [4.78, 5) is 43.3. The van der Waals surface area contributed by atoms with Crippen LogP contribution in [0, 0.1) is 50.2 Å². The lowest BCUT2D eigenvalue weighted by Crippen LogP contribution is -2.42. The zero-order valence-corrected chi connectivity index (χ0v) is 26.9. The van der Waals surface area contributed by atoms with E-state index in [1.807, 2.05) is 18.2 Å². The maximum atomic E-state index is 14.4. The molecule has 3 fully saturated rings. The lowest BCUT2D eigenvalue weighted by Gasteiger charge is -2.41. The average Bonchev–Trinajstić information content (AvgIpc) is 3.33. The van der Waals surface area contributed by atoms with Crippen molar-refractivity contribution in [1.29, 1.82) is 0 Å². The second kappa shape index (κ2) is 9.12. The van der Waals surface area contributed by atoms with Crippen LogP contribution < -0.4 is 0 Å². The van der Waals surface area contributed by atoms with Gasteiger partial charge in [-0.15, -0.1) is 0 Å². The smallest absolute Gasteiger partial charge is 0.169 e. The number of hydrogen-bond acceptors (Lipinski definition) is 3. The molecule has 3 aliphatic carbocycles. The molecule has 3 heteroatoms. The maximum Gasteiger partial charge on any atom is 0.169 e. The van der Waals surface area contributed by atoms with Crippen molar-refractivity contribution in [2.24, 2.45) is 50.2 Å². The van der Waals surface area contributed by atoms with Gasteiger partial charge in [0.25, 0.3) is 0 Å². The molecular formula is C36H54O3. The quantitative estimate of drug-likeness (QED) is 0.341. The minimum Gasteiger partial charge on any atom is -0.294 e. The van der Waals surface area contributed by atoms with E-state index in [9.17, 15) is 14.4 Å². The minimum atomic E-state index is -0.537. The van der Waals surface area contributed by atoms with E-state index >= 15 is 0 Å². The number of Topliss-reactive ketones (excluding diaryl/α,β-unsaturated/α-hetero) is 3. The fourth-order valence-electron chi connectivity index (χ4n) is 8.39. The van der Waals surface area contributed by atoms with Gasteiger partial charge in [0.1, 0.15) is 0 Å². The van der Waals surface area contributed by atoms with Gasteiger partial charge >= 0.3 is 0 Å². The van der Waals surface area contributed by atoms with Gasteiger partial charge in [-0.3, -0.25) is 14.4 Å². The summed E-state index contributed by atoms with van der Waals surface area (Å²) >= 11 is 0. The van der Waals surface area contributed by atoms with Crippen LogP contribution >= 0.6 is 0 Å². The maximum absolute atomic E-state index is 14.4. The van der Waals surface area contributed by atoms with Crippen LogP contribution in [0.3, 0.4) is 0 Å². The predicted octanol–water partition coefficient (Wildman–Crippen LogP) is 9.62. The molecule has 0 spiro atoms. The summed E-state index contributed by atoms with van der Waals surface area (Å²) in [5.41, 5.74) is -0.510. The molecular weight excluding hydrogens is 480 g/mol. The van der Waals surface area contributed by atoms with Gasteiger partial charge in [-0.1, -0.05) is 83.1 Å². The van der Waals surface area contributed by atoms with E-state index in [1.54, 1.807) is 0 Å². The highest BCUT2D eigenvalue weighted by Gasteiger charge is 2.57. The summed E-state index contributed by atoms with van der Waals surface area (Å²) in [5, 5.41) is 0. The lowest BCUT2D eigenvalue weighted by molar-refractivity contribution is 0.0539. The van der Waals surface area contributed by atoms with Crippen molar-refractivity contribution in [1.82, 2.24) is 0 Å². The van der Waals surface area contributed by atoms with Crippen molar-refractivity contribution in [2.75, 3.05) is 0 Å². The molecule has 3 nitrogen and oxygen atoms in total. The van der Waals surface area contributed by atoms with Crippen LogP contribution in [-0.2, 0) is 0 Å². The van der Waals surface area contributed by atoms with Gasteiger partial charge in [0.15, 0.2) is 17.3 Å². The van der Waals surface area contributed by atoms with Crippen LogP contribution in [0.25, 0.3) is 0 Å². The molecule has 0 bridgehead atoms. The van der Waals surface area contributed by atoms with Gasteiger partial charge in [0.2, 0.25) is 0 Å². The summed E-state index contributed by atoms with van der Waals surface area (Å²) < 4.78 is 0. The summed E-state index contributed by atoms with van der Waals surface area (Å²) in [6.45, 7) is 26.2. The molecule has 0 heterocycles. The summed E-state index contributed by atoms with van der Waals surface area (Å²) in [7, 11) is 0. The molecule has 0 N–H and O–H groups in total. The Bertz CT molecular complexity index is 1040. The number of carbonyl (C=O) groups is 3. The fourth-order valence-corrected chi connectivity index (χ4v) is 8.39. The molecule has 6 atom stereocenters. The van der Waals surface area contributed by atoms with E-state index in [0.717, 1.165) is 38.5 Å². The molecule has 0 amide bonds. The Morgan fingerprint density at radius 2 is 0.692 bits per heavy atom. The third-order valence-corrected chi connectivity index (χ3v) is 14.4. The number of carbonyl (C=O) groups excluding carboxylic acids is 3. The predicted molar refractivity (Wildman–Crippen MR) is 160 cm³/mol. The van der Waals surface area contributed by atoms with Crippen LogP contribution in [0.15, 0.2) is 18.2 Å². The first-order valence-electron chi connectivity index (χ1n) is 15.5. The molecule has 0 saturated heterocycles. The zero-order chi connectivity index (χ0) is 29.6. The normalized spacial score (nSPS) is 38.6. The number of ketones is 3. The van der Waals surface area contributed by atoms with E-state index in [-0.39, 0.29) is 33.6 Å². The zero-order valence-electron chi connectivity index (χ0n) is 26.9. The Balaban J connectivity index is 1.88. The standard InChI is InChI=1S/C36H54O3/c1-22-13-16-34(10,31(22,4)5)28(37)25-19-26(29(38)35(11)17-14-23(2)32(35,6)7)21-27(20-25)30(39)36(12)18-15-24(3)33(36,8)9/h19-24H,13-18H2,1-12H3/t22-,23-,24-,34-,35-,36-/m0/s1. The topological polar surface area (TPSA) is 51.2 Å². The first kappa shape index (κ1) is 30.2. The molecule has 216 valence electrons. The number of rotatable bonds is 6. The van der Waals surface area contributed by atoms with Gasteiger partial charge < -0.3 is 0 Å². The molecule has 1 aromatic rings. The monoisotopic (exact) mass is 534 g/mol. The number of hydrogen-bond donors (Lipinski definition) is 0. The minimum absolute atomic E-state index is 0.0777. The van der Waals surface area contributed by atoms with Crippen LogP contribution in [0.1, 0.15) is 153 Å². The second-order valence-corrected chi connectivity index (χ2v) is 16.3. The van der Waals surface area contributed by atoms with Gasteiger partial charge in [-0.25, -0.2) is 0 Å². The van der Waals surface area contributed by atoms with Crippen molar-refractivity contribution in [3.05, 3.63) is 34.9 Å². The molecule has 1 aromatic carbocycles. The highest BCUT2D eigenvalue weighted by Crippen LogP contribution is 2.60.